The molecule has 0 aromatic rings. The van der Waals surface area contributed by atoms with Gasteiger partial charge in [0.15, 0.2) is 0 Å². The van der Waals surface area contributed by atoms with Gasteiger partial charge in [-0.3, -0.25) is 0 Å². The Morgan fingerprint density at radius 3 is 0.429 bits per heavy atom. The third kappa shape index (κ3) is 293. The van der Waals surface area contributed by atoms with E-state index >= 15 is 0 Å². The van der Waals surface area contributed by atoms with Crippen LogP contribution in [0, 0.1) is 0 Å². The quantitative estimate of drug-likeness (QED) is 0.537. The van der Waals surface area contributed by atoms with Crippen molar-refractivity contribution in [3.05, 3.63) is 30.8 Å². The fourth-order valence-electron chi connectivity index (χ4n) is 0. The molecule has 0 aliphatic carbocycles. The first-order valence-electron chi connectivity index (χ1n) is 0. The minimum Gasteiger partial charge on any atom is -0.693 e. The van der Waals surface area contributed by atoms with Crippen molar-refractivity contribution < 1.29 is 19.5 Å². The van der Waals surface area contributed by atoms with Crippen LogP contribution in [0.3, 0.4) is 0 Å². The second-order valence-corrected chi connectivity index (χ2v) is 0. The van der Waals surface area contributed by atoms with E-state index < -0.39 is 0 Å². The molecule has 0 fully saturated rings. The van der Waals surface area contributed by atoms with Gasteiger partial charge in [-0.05, 0) is 0 Å². The monoisotopic (exact) mass is 219 g/mol. The molecule has 0 aromatic carbocycles. The summed E-state index contributed by atoms with van der Waals surface area (Å²) in [4.78, 5) is 0. The molecule has 1 radical (unpaired) electrons. The maximum atomic E-state index is 0. The fraction of sp³-hybridized carbons (Fsp3) is 0. The molecule has 0 aliphatic rings. The minimum absolute atomic E-state index is 0. The van der Waals surface area contributed by atoms with Crippen LogP contribution in [0.15, 0.2) is 0 Å². The van der Waals surface area contributed by atoms with Crippen LogP contribution in [-0.2, 0) is 19.5 Å². The molecule has 0 atom stereocenters. The van der Waals surface area contributed by atoms with E-state index in [1.165, 1.54) is 0 Å². The maximum absolute atomic E-state index is 0. The number of hydrogen-bond acceptors (Lipinski definition) is 0. The van der Waals surface area contributed by atoms with Gasteiger partial charge in [0.05, 0.1) is 0 Å². The number of rotatable bonds is 0. The molecule has 0 heterocycles. The summed E-state index contributed by atoms with van der Waals surface area (Å²) in [6.45, 7) is 0. The fourth-order valence-corrected chi connectivity index (χ4v) is 0. The van der Waals surface area contributed by atoms with Crippen LogP contribution in [0.2, 0.25) is 0 Å². The average molecular weight is 219 g/mol. The molecule has 0 aliphatic heterocycles. The standard InChI is InChI=1S/ClH.5H2N.Rh/h1H;5*1H2;/q;5*-1;. The van der Waals surface area contributed by atoms with E-state index in [0.717, 1.165) is 0 Å². The van der Waals surface area contributed by atoms with Crippen molar-refractivity contribution in [2.45, 2.75) is 0 Å². The Bertz CT molecular complexity index is 8.04. The molecule has 0 spiro atoms. The Hall–Kier alpha value is 0.713. The predicted octanol–water partition coefficient (Wildman–Crippen LogP) is 4.00. The topological polar surface area (TPSA) is 168 Å². The molecule has 0 bridgehead atoms. The molecular formula is H11ClN5Rh-5. The van der Waals surface area contributed by atoms with Crippen molar-refractivity contribution in [1.29, 1.82) is 0 Å². The summed E-state index contributed by atoms with van der Waals surface area (Å²) in [6, 6.07) is 0. The van der Waals surface area contributed by atoms with Crippen LogP contribution in [-0.4, -0.2) is 0 Å². The summed E-state index contributed by atoms with van der Waals surface area (Å²) in [5.41, 5.74) is 0. The van der Waals surface area contributed by atoms with Gasteiger partial charge in [0.25, 0.3) is 0 Å². The summed E-state index contributed by atoms with van der Waals surface area (Å²) in [6.07, 6.45) is 0. The molecule has 7 heavy (non-hydrogen) atoms. The second-order valence-electron chi connectivity index (χ2n) is 0. The largest absolute Gasteiger partial charge is 0.693 e. The minimum atomic E-state index is 0. The van der Waals surface area contributed by atoms with Crippen molar-refractivity contribution in [1.82, 2.24) is 0 Å². The maximum Gasteiger partial charge on any atom is 0 e. The molecule has 57 valence electrons. The summed E-state index contributed by atoms with van der Waals surface area (Å²) in [5, 5.41) is 0. The zero-order chi connectivity index (χ0) is 0. The normalized spacial score (nSPS) is 0. The van der Waals surface area contributed by atoms with Gasteiger partial charge in [0, 0.05) is 19.5 Å². The first-order valence-corrected chi connectivity index (χ1v) is 0. The average Bonchev–Trinajstić information content (AvgIpc) is 0. The molecule has 0 saturated heterocycles. The van der Waals surface area contributed by atoms with E-state index in [0.29, 0.717) is 0 Å². The number of hydrogen-bond donors (Lipinski definition) is 0. The Labute approximate surface area is 63.1 Å². The summed E-state index contributed by atoms with van der Waals surface area (Å²) in [7, 11) is 0. The van der Waals surface area contributed by atoms with E-state index in [-0.39, 0.29) is 62.6 Å². The molecule has 5 nitrogen and oxygen atoms in total. The van der Waals surface area contributed by atoms with Gasteiger partial charge in [0.2, 0.25) is 0 Å². The Kier molecular flexibility index (Phi) is 42000. The Balaban J connectivity index is 0. The van der Waals surface area contributed by atoms with Gasteiger partial charge >= 0.3 is 0 Å². The third-order valence-electron chi connectivity index (χ3n) is 0. The van der Waals surface area contributed by atoms with Crippen LogP contribution in [0.25, 0.3) is 30.8 Å². The summed E-state index contributed by atoms with van der Waals surface area (Å²) < 4.78 is 0. The van der Waals surface area contributed by atoms with Gasteiger partial charge in [-0.15, -0.1) is 12.4 Å². The molecule has 0 aromatic heterocycles. The Morgan fingerprint density at radius 1 is 0.429 bits per heavy atom. The van der Waals surface area contributed by atoms with Crippen LogP contribution >= 0.6 is 12.4 Å². The van der Waals surface area contributed by atoms with Gasteiger partial charge < -0.3 is 30.8 Å². The zero-order valence-electron chi connectivity index (χ0n) is 3.63. The molecule has 0 amide bonds. The molecular weight excluding hydrogens is 208 g/mol. The van der Waals surface area contributed by atoms with Crippen molar-refractivity contribution in [2.24, 2.45) is 0 Å². The number of halogens is 1. The first-order chi connectivity index (χ1) is 0. The van der Waals surface area contributed by atoms with Gasteiger partial charge in [-0.2, -0.15) is 0 Å². The molecule has 0 rings (SSSR count). The van der Waals surface area contributed by atoms with Crippen LogP contribution in [0.4, 0.5) is 0 Å². The molecule has 0 saturated carbocycles. The van der Waals surface area contributed by atoms with Crippen LogP contribution in [0.5, 0.6) is 0 Å². The summed E-state index contributed by atoms with van der Waals surface area (Å²) >= 11 is 0. The Morgan fingerprint density at radius 2 is 0.429 bits per heavy atom. The number of nitrogens with two attached hydrogens (primary N) is 5. The second kappa shape index (κ2) is 431. The van der Waals surface area contributed by atoms with Crippen LogP contribution in [0.1, 0.15) is 0 Å². The summed E-state index contributed by atoms with van der Waals surface area (Å²) in [5.74, 6) is 0. The van der Waals surface area contributed by atoms with Gasteiger partial charge in [-0.25, -0.2) is 0 Å². The molecule has 7 heteroatoms. The van der Waals surface area contributed by atoms with Crippen LogP contribution < -0.4 is 0 Å². The predicted molar refractivity (Wildman–Crippen MR) is 33.7 cm³/mol. The zero-order valence-corrected chi connectivity index (χ0v) is 6.08. The van der Waals surface area contributed by atoms with Crippen molar-refractivity contribution in [3.8, 4) is 0 Å². The van der Waals surface area contributed by atoms with Crippen molar-refractivity contribution >= 4 is 12.4 Å². The van der Waals surface area contributed by atoms with E-state index in [9.17, 15) is 0 Å². The van der Waals surface area contributed by atoms with Crippen molar-refractivity contribution in [3.63, 3.8) is 0 Å². The van der Waals surface area contributed by atoms with Crippen molar-refractivity contribution in [2.75, 3.05) is 0 Å². The van der Waals surface area contributed by atoms with E-state index in [4.69, 9.17) is 0 Å². The van der Waals surface area contributed by atoms with E-state index in [2.05, 4.69) is 0 Å². The molecule has 10 N–H and O–H groups in total. The third-order valence-corrected chi connectivity index (χ3v) is 0. The first kappa shape index (κ1) is 683. The van der Waals surface area contributed by atoms with E-state index in [1.54, 1.807) is 0 Å². The smallest absolute Gasteiger partial charge is 0 e. The van der Waals surface area contributed by atoms with E-state index in [1.807, 2.05) is 0 Å². The van der Waals surface area contributed by atoms with Gasteiger partial charge in [-0.1, -0.05) is 0 Å². The molecule has 0 unspecified atom stereocenters. The van der Waals surface area contributed by atoms with Gasteiger partial charge in [0.1, 0.15) is 0 Å². The SMILES string of the molecule is Cl.[NH2-].[NH2-].[NH2-].[NH2-].[NH2-].[Rh].